The lowest BCUT2D eigenvalue weighted by Crippen LogP contribution is -2.44. The first-order valence-electron chi connectivity index (χ1n) is 9.20. The molecule has 5 nitrogen and oxygen atoms in total. The third-order valence-corrected chi connectivity index (χ3v) is 7.41. The van der Waals surface area contributed by atoms with Crippen LogP contribution in [-0.2, 0) is 14.8 Å². The van der Waals surface area contributed by atoms with Crippen molar-refractivity contribution in [1.29, 1.82) is 0 Å². The minimum atomic E-state index is -3.76. The Balaban J connectivity index is 1.85. The molecule has 0 spiro atoms. The zero-order valence-corrected chi connectivity index (χ0v) is 16.4. The Bertz CT molecular complexity index is 638. The number of carbonyl (C=O) groups excluding carboxylic acids is 1. The molecule has 0 aromatic carbocycles. The van der Waals surface area contributed by atoms with Crippen molar-refractivity contribution in [2.24, 2.45) is 16.5 Å². The Kier molecular flexibility index (Phi) is 6.15. The molecule has 0 aliphatic heterocycles. The van der Waals surface area contributed by atoms with Gasteiger partial charge in [0.05, 0.1) is 0 Å². The van der Waals surface area contributed by atoms with Crippen LogP contribution in [0.1, 0.15) is 65.7 Å². The molecular formula is C19H32N2O3S. The molecule has 0 radical (unpaired) electrons. The summed E-state index contributed by atoms with van der Waals surface area (Å²) in [7, 11) is -3.76. The standard InChI is InChI=1S/C19H32N2O3S/c1-18(2,3)15-7-9-16(10-8-15)21-17(22)11-14-19(25(20,23)24)12-5-4-6-13-19/h4-6,12,15-16H,7-11,13-14H2,1-3H3,(H,21,22)(H2,20,23,24)/t15?,16?,19-/m0/s1. The van der Waals surface area contributed by atoms with Crippen molar-refractivity contribution in [2.75, 3.05) is 0 Å². The second kappa shape index (κ2) is 7.62. The molecule has 0 aromatic rings. The van der Waals surface area contributed by atoms with Crippen LogP contribution in [0, 0.1) is 11.3 Å². The zero-order valence-electron chi connectivity index (χ0n) is 15.6. The van der Waals surface area contributed by atoms with Crippen molar-refractivity contribution >= 4 is 15.9 Å². The highest BCUT2D eigenvalue weighted by atomic mass is 32.2. The topological polar surface area (TPSA) is 89.3 Å². The first kappa shape index (κ1) is 20.2. The molecule has 0 aromatic heterocycles. The molecule has 2 aliphatic rings. The van der Waals surface area contributed by atoms with Gasteiger partial charge in [0.25, 0.3) is 0 Å². The molecule has 0 heterocycles. The minimum absolute atomic E-state index is 0.0785. The lowest BCUT2D eigenvalue weighted by molar-refractivity contribution is -0.122. The first-order chi connectivity index (χ1) is 11.5. The number of nitrogens with two attached hydrogens (primary N) is 1. The number of hydrogen-bond donors (Lipinski definition) is 2. The number of sulfonamides is 1. The second-order valence-electron chi connectivity index (χ2n) is 8.58. The number of allylic oxidation sites excluding steroid dienone is 3. The van der Waals surface area contributed by atoms with E-state index in [9.17, 15) is 13.2 Å². The van der Waals surface area contributed by atoms with E-state index in [1.807, 2.05) is 0 Å². The normalized spacial score (nSPS) is 30.2. The van der Waals surface area contributed by atoms with Crippen LogP contribution in [0.15, 0.2) is 24.3 Å². The molecule has 6 heteroatoms. The first-order valence-corrected chi connectivity index (χ1v) is 10.7. The summed E-state index contributed by atoms with van der Waals surface area (Å²) in [6.07, 6.45) is 11.9. The molecule has 1 fully saturated rings. The van der Waals surface area contributed by atoms with Crippen molar-refractivity contribution in [2.45, 2.75) is 76.5 Å². The van der Waals surface area contributed by atoms with E-state index >= 15 is 0 Å². The van der Waals surface area contributed by atoms with Crippen molar-refractivity contribution in [3.05, 3.63) is 24.3 Å². The van der Waals surface area contributed by atoms with Crippen LogP contribution in [0.25, 0.3) is 0 Å². The Morgan fingerprint density at radius 2 is 1.84 bits per heavy atom. The van der Waals surface area contributed by atoms with Gasteiger partial charge < -0.3 is 5.32 Å². The van der Waals surface area contributed by atoms with Gasteiger partial charge in [-0.15, -0.1) is 0 Å². The molecule has 25 heavy (non-hydrogen) atoms. The van der Waals surface area contributed by atoms with Gasteiger partial charge in [-0.05, 0) is 49.9 Å². The predicted octanol–water partition coefficient (Wildman–Crippen LogP) is 3.03. The molecule has 2 rings (SSSR count). The maximum Gasteiger partial charge on any atom is 0.220 e. The van der Waals surface area contributed by atoms with Crippen molar-refractivity contribution in [3.8, 4) is 0 Å². The number of amides is 1. The maximum atomic E-state index is 12.3. The maximum absolute atomic E-state index is 12.3. The largest absolute Gasteiger partial charge is 0.353 e. The van der Waals surface area contributed by atoms with Gasteiger partial charge in [0.2, 0.25) is 15.9 Å². The summed E-state index contributed by atoms with van der Waals surface area (Å²) in [4.78, 5) is 12.3. The van der Waals surface area contributed by atoms with Gasteiger partial charge in [-0.3, -0.25) is 4.79 Å². The van der Waals surface area contributed by atoms with Gasteiger partial charge in [-0.1, -0.05) is 45.1 Å². The molecule has 0 unspecified atom stereocenters. The van der Waals surface area contributed by atoms with E-state index in [0.29, 0.717) is 17.8 Å². The van der Waals surface area contributed by atoms with Crippen LogP contribution in [0.4, 0.5) is 0 Å². The van der Waals surface area contributed by atoms with Crippen LogP contribution >= 0.6 is 0 Å². The Morgan fingerprint density at radius 1 is 1.20 bits per heavy atom. The summed E-state index contributed by atoms with van der Waals surface area (Å²) in [6.45, 7) is 6.82. The van der Waals surface area contributed by atoms with E-state index in [1.54, 1.807) is 24.3 Å². The predicted molar refractivity (Wildman–Crippen MR) is 101 cm³/mol. The number of hydrogen-bond acceptors (Lipinski definition) is 3. The van der Waals surface area contributed by atoms with Crippen LogP contribution in [0.2, 0.25) is 0 Å². The molecule has 1 saturated carbocycles. The quantitative estimate of drug-likeness (QED) is 0.781. The SMILES string of the molecule is CC(C)(C)C1CCC(NC(=O)CC[C@]2(S(N)(=O)=O)C=CC=CC2)CC1. The van der Waals surface area contributed by atoms with Crippen molar-refractivity contribution < 1.29 is 13.2 Å². The smallest absolute Gasteiger partial charge is 0.220 e. The summed E-state index contributed by atoms with van der Waals surface area (Å²) in [5.41, 5.74) is 0.317. The summed E-state index contributed by atoms with van der Waals surface area (Å²) in [5, 5.41) is 8.51. The molecule has 142 valence electrons. The highest BCUT2D eigenvalue weighted by Crippen LogP contribution is 2.38. The van der Waals surface area contributed by atoms with Gasteiger partial charge in [0.1, 0.15) is 4.75 Å². The minimum Gasteiger partial charge on any atom is -0.353 e. The van der Waals surface area contributed by atoms with Gasteiger partial charge in [-0.2, -0.15) is 0 Å². The fourth-order valence-electron chi connectivity index (χ4n) is 3.91. The van der Waals surface area contributed by atoms with Gasteiger partial charge in [-0.25, -0.2) is 13.6 Å². The van der Waals surface area contributed by atoms with E-state index in [2.05, 4.69) is 26.1 Å². The lowest BCUT2D eigenvalue weighted by Gasteiger charge is -2.37. The highest BCUT2D eigenvalue weighted by Gasteiger charge is 2.39. The second-order valence-corrected chi connectivity index (χ2v) is 10.5. The van der Waals surface area contributed by atoms with E-state index in [-0.39, 0.29) is 24.8 Å². The van der Waals surface area contributed by atoms with E-state index in [4.69, 9.17) is 5.14 Å². The lowest BCUT2D eigenvalue weighted by atomic mass is 9.71. The monoisotopic (exact) mass is 368 g/mol. The van der Waals surface area contributed by atoms with Crippen LogP contribution in [0.5, 0.6) is 0 Å². The van der Waals surface area contributed by atoms with Crippen LogP contribution in [0.3, 0.4) is 0 Å². The van der Waals surface area contributed by atoms with Crippen molar-refractivity contribution in [3.63, 3.8) is 0 Å². The molecule has 1 amide bonds. The van der Waals surface area contributed by atoms with Crippen LogP contribution < -0.4 is 10.5 Å². The number of carbonyl (C=O) groups is 1. The fourth-order valence-corrected chi connectivity index (χ4v) is 4.90. The van der Waals surface area contributed by atoms with Crippen molar-refractivity contribution in [1.82, 2.24) is 5.32 Å². The molecular weight excluding hydrogens is 336 g/mol. The van der Waals surface area contributed by atoms with E-state index in [0.717, 1.165) is 25.7 Å². The van der Waals surface area contributed by atoms with Gasteiger partial charge in [0, 0.05) is 12.5 Å². The Morgan fingerprint density at radius 3 is 2.32 bits per heavy atom. The average Bonchev–Trinajstić information content (AvgIpc) is 2.52. The summed E-state index contributed by atoms with van der Waals surface area (Å²) < 4.78 is 22.9. The highest BCUT2D eigenvalue weighted by molar-refractivity contribution is 7.90. The number of nitrogens with one attached hydrogen (secondary N) is 1. The van der Waals surface area contributed by atoms with Gasteiger partial charge in [0.15, 0.2) is 0 Å². The summed E-state index contributed by atoms with van der Waals surface area (Å²) in [6, 6.07) is 0.207. The summed E-state index contributed by atoms with van der Waals surface area (Å²) >= 11 is 0. The third kappa shape index (κ3) is 5.17. The van der Waals surface area contributed by atoms with E-state index in [1.165, 1.54) is 0 Å². The molecule has 0 saturated heterocycles. The third-order valence-electron chi connectivity index (χ3n) is 5.77. The number of primary sulfonamides is 1. The van der Waals surface area contributed by atoms with Crippen LogP contribution in [-0.4, -0.2) is 25.1 Å². The molecule has 3 N–H and O–H groups in total. The fraction of sp³-hybridized carbons (Fsp3) is 0.737. The zero-order chi connectivity index (χ0) is 18.7. The molecule has 1 atom stereocenters. The number of rotatable bonds is 5. The molecule has 2 aliphatic carbocycles. The Hall–Kier alpha value is -1.14. The average molecular weight is 369 g/mol. The molecule has 0 bridgehead atoms. The van der Waals surface area contributed by atoms with Gasteiger partial charge >= 0.3 is 0 Å². The Labute approximate surface area is 152 Å². The van der Waals surface area contributed by atoms with E-state index < -0.39 is 14.8 Å². The summed E-state index contributed by atoms with van der Waals surface area (Å²) in [5.74, 6) is 0.621.